The van der Waals surface area contributed by atoms with Crippen LogP contribution >= 0.6 is 0 Å². The van der Waals surface area contributed by atoms with Gasteiger partial charge in [-0.05, 0) is 13.8 Å². The van der Waals surface area contributed by atoms with Gasteiger partial charge in [-0.25, -0.2) is 4.79 Å². The van der Waals surface area contributed by atoms with Gasteiger partial charge < -0.3 is 4.74 Å². The molecular formula is C5H7NO2. The van der Waals surface area contributed by atoms with Crippen LogP contribution in [0.2, 0.25) is 0 Å². The van der Waals surface area contributed by atoms with Crippen LogP contribution in [0.1, 0.15) is 13.8 Å². The van der Waals surface area contributed by atoms with E-state index in [1.165, 1.54) is 0 Å². The van der Waals surface area contributed by atoms with Crippen LogP contribution in [-0.4, -0.2) is 17.9 Å². The van der Waals surface area contributed by atoms with Crippen molar-refractivity contribution in [2.24, 2.45) is 4.99 Å². The number of amides is 1. The fourth-order valence-electron chi connectivity index (χ4n) is 0.498. The summed E-state index contributed by atoms with van der Waals surface area (Å²) >= 11 is 0. The van der Waals surface area contributed by atoms with E-state index in [0.29, 0.717) is 0 Å². The topological polar surface area (TPSA) is 38.7 Å². The first-order valence-corrected chi connectivity index (χ1v) is 2.46. The number of carbonyl (C=O) groups is 1. The Balaban J connectivity index is 2.73. The Labute approximate surface area is 47.4 Å². The molecular weight excluding hydrogens is 106 g/mol. The fraction of sp³-hybridized carbons (Fsp3) is 0.600. The second kappa shape index (κ2) is 1.58. The maximum atomic E-state index is 10.3. The van der Waals surface area contributed by atoms with Crippen molar-refractivity contribution in [3.63, 3.8) is 0 Å². The van der Waals surface area contributed by atoms with E-state index in [9.17, 15) is 4.79 Å². The van der Waals surface area contributed by atoms with Crippen molar-refractivity contribution < 1.29 is 9.53 Å². The Bertz CT molecular complexity index is 151. The van der Waals surface area contributed by atoms with Crippen molar-refractivity contribution in [3.05, 3.63) is 0 Å². The van der Waals surface area contributed by atoms with Crippen molar-refractivity contribution in [1.82, 2.24) is 0 Å². The van der Waals surface area contributed by atoms with Crippen LogP contribution in [-0.2, 0) is 4.74 Å². The molecule has 0 radical (unpaired) electrons. The third kappa shape index (κ3) is 0.710. The second-order valence-corrected chi connectivity index (χ2v) is 1.78. The average molecular weight is 113 g/mol. The van der Waals surface area contributed by atoms with E-state index in [2.05, 4.69) is 9.73 Å². The number of ether oxygens (including phenoxy) is 1. The normalized spacial score (nSPS) is 27.5. The van der Waals surface area contributed by atoms with Gasteiger partial charge in [-0.3, -0.25) is 0 Å². The largest absolute Gasteiger partial charge is 0.439 e. The highest BCUT2D eigenvalue weighted by atomic mass is 16.6. The molecule has 1 unspecified atom stereocenters. The molecule has 44 valence electrons. The Kier molecular flexibility index (Phi) is 1.04. The van der Waals surface area contributed by atoms with Crippen LogP contribution in [0.25, 0.3) is 0 Å². The van der Waals surface area contributed by atoms with Crippen LogP contribution in [0.4, 0.5) is 4.79 Å². The first-order chi connectivity index (χ1) is 3.70. The Hall–Kier alpha value is -0.860. The zero-order valence-corrected chi connectivity index (χ0v) is 4.84. The molecule has 0 saturated carbocycles. The number of cyclic esters (lactones) is 1. The molecule has 0 saturated heterocycles. The predicted octanol–water partition coefficient (Wildman–Crippen LogP) is 0.986. The van der Waals surface area contributed by atoms with Gasteiger partial charge in [0.1, 0.15) is 6.10 Å². The first kappa shape index (κ1) is 5.28. The number of rotatable bonds is 0. The van der Waals surface area contributed by atoms with Crippen LogP contribution in [0.5, 0.6) is 0 Å². The van der Waals surface area contributed by atoms with Gasteiger partial charge in [-0.2, -0.15) is 4.99 Å². The third-order valence-corrected chi connectivity index (χ3v) is 1.13. The van der Waals surface area contributed by atoms with Crippen molar-refractivity contribution >= 4 is 11.8 Å². The van der Waals surface area contributed by atoms with Gasteiger partial charge >= 0.3 is 6.09 Å². The summed E-state index contributed by atoms with van der Waals surface area (Å²) in [6.07, 6.45) is -0.572. The smallest absolute Gasteiger partial charge is 0.434 e. The molecule has 1 rings (SSSR count). The van der Waals surface area contributed by atoms with Crippen molar-refractivity contribution in [2.75, 3.05) is 0 Å². The van der Waals surface area contributed by atoms with E-state index in [1.807, 2.05) is 0 Å². The summed E-state index contributed by atoms with van der Waals surface area (Å²) < 4.78 is 4.63. The van der Waals surface area contributed by atoms with E-state index < -0.39 is 6.09 Å². The lowest BCUT2D eigenvalue weighted by Gasteiger charge is -1.97. The molecule has 3 heteroatoms. The minimum atomic E-state index is -0.463. The molecule has 0 bridgehead atoms. The summed E-state index contributed by atoms with van der Waals surface area (Å²) in [5.74, 6) is 0. The van der Waals surface area contributed by atoms with Gasteiger partial charge in [-0.1, -0.05) is 0 Å². The van der Waals surface area contributed by atoms with Crippen LogP contribution in [0.15, 0.2) is 4.99 Å². The highest BCUT2D eigenvalue weighted by Gasteiger charge is 2.18. The molecule has 1 aliphatic heterocycles. The van der Waals surface area contributed by atoms with Crippen molar-refractivity contribution in [3.8, 4) is 0 Å². The number of carbonyl (C=O) groups excluding carboxylic acids is 1. The zero-order chi connectivity index (χ0) is 6.15. The van der Waals surface area contributed by atoms with Crippen LogP contribution < -0.4 is 0 Å². The van der Waals surface area contributed by atoms with Gasteiger partial charge in [0.25, 0.3) is 0 Å². The molecule has 0 aromatic rings. The maximum Gasteiger partial charge on any atom is 0.434 e. The van der Waals surface area contributed by atoms with E-state index in [4.69, 9.17) is 0 Å². The zero-order valence-electron chi connectivity index (χ0n) is 4.84. The van der Waals surface area contributed by atoms with Crippen molar-refractivity contribution in [2.45, 2.75) is 20.0 Å². The molecule has 1 atom stereocenters. The second-order valence-electron chi connectivity index (χ2n) is 1.78. The number of hydrogen-bond acceptors (Lipinski definition) is 2. The highest BCUT2D eigenvalue weighted by molar-refractivity contribution is 5.99. The van der Waals surface area contributed by atoms with Gasteiger partial charge in [0, 0.05) is 0 Å². The molecule has 1 amide bonds. The molecule has 8 heavy (non-hydrogen) atoms. The van der Waals surface area contributed by atoms with E-state index in [1.54, 1.807) is 13.8 Å². The Morgan fingerprint density at radius 3 is 2.50 bits per heavy atom. The minimum Gasteiger partial charge on any atom is -0.439 e. The van der Waals surface area contributed by atoms with Gasteiger partial charge in [0.2, 0.25) is 0 Å². The summed E-state index contributed by atoms with van der Waals surface area (Å²) in [5, 5.41) is 0. The number of hydrogen-bond donors (Lipinski definition) is 0. The monoisotopic (exact) mass is 113 g/mol. The molecule has 1 aliphatic rings. The summed E-state index contributed by atoms with van der Waals surface area (Å²) in [4.78, 5) is 13.8. The number of aliphatic imine (C=N–C) groups is 1. The van der Waals surface area contributed by atoms with Crippen LogP contribution in [0, 0.1) is 0 Å². The number of nitrogens with zero attached hydrogens (tertiary/aromatic N) is 1. The van der Waals surface area contributed by atoms with Gasteiger partial charge in [0.15, 0.2) is 0 Å². The summed E-state index contributed by atoms with van der Waals surface area (Å²) in [6.45, 7) is 3.57. The molecule has 0 spiro atoms. The fourth-order valence-corrected chi connectivity index (χ4v) is 0.498. The molecule has 0 aromatic carbocycles. The lowest BCUT2D eigenvalue weighted by molar-refractivity contribution is 0.155. The van der Waals surface area contributed by atoms with E-state index in [-0.39, 0.29) is 6.10 Å². The Morgan fingerprint density at radius 1 is 1.75 bits per heavy atom. The molecule has 0 fully saturated rings. The predicted molar refractivity (Wildman–Crippen MR) is 29.1 cm³/mol. The lowest BCUT2D eigenvalue weighted by Crippen LogP contribution is -2.09. The van der Waals surface area contributed by atoms with E-state index >= 15 is 0 Å². The van der Waals surface area contributed by atoms with Crippen molar-refractivity contribution in [1.29, 1.82) is 0 Å². The molecule has 0 N–H and O–H groups in total. The summed E-state index contributed by atoms with van der Waals surface area (Å²) in [5.41, 5.74) is 0.759. The highest BCUT2D eigenvalue weighted by Crippen LogP contribution is 2.05. The van der Waals surface area contributed by atoms with E-state index in [0.717, 1.165) is 5.71 Å². The molecule has 3 nitrogen and oxygen atoms in total. The standard InChI is InChI=1S/C5H7NO2/c1-3-4(2)8-5(7)6-3/h4H,1-2H3. The van der Waals surface area contributed by atoms with Gasteiger partial charge in [-0.15, -0.1) is 0 Å². The van der Waals surface area contributed by atoms with Crippen LogP contribution in [0.3, 0.4) is 0 Å². The minimum absolute atomic E-state index is 0.109. The summed E-state index contributed by atoms with van der Waals surface area (Å²) in [7, 11) is 0. The quantitative estimate of drug-likeness (QED) is 0.469. The van der Waals surface area contributed by atoms with Gasteiger partial charge in [0.05, 0.1) is 5.71 Å². The molecule has 0 aromatic heterocycles. The average Bonchev–Trinajstić information content (AvgIpc) is 1.85. The summed E-state index contributed by atoms with van der Waals surface area (Å²) in [6, 6.07) is 0. The Morgan fingerprint density at radius 2 is 2.38 bits per heavy atom. The maximum absolute atomic E-state index is 10.3. The third-order valence-electron chi connectivity index (χ3n) is 1.13. The first-order valence-electron chi connectivity index (χ1n) is 2.46. The lowest BCUT2D eigenvalue weighted by atomic mass is 10.3. The SMILES string of the molecule is CC1=NC(=O)OC1C. The molecule has 0 aliphatic carbocycles. The molecule has 1 heterocycles.